The van der Waals surface area contributed by atoms with Crippen LogP contribution in [0.15, 0.2) is 42.5 Å². The Morgan fingerprint density at radius 3 is 2.44 bits per heavy atom. The molecule has 0 heterocycles. The molecule has 0 unspecified atom stereocenters. The van der Waals surface area contributed by atoms with E-state index in [0.717, 1.165) is 5.56 Å². The van der Waals surface area contributed by atoms with Gasteiger partial charge in [-0.15, -0.1) is 0 Å². The minimum Gasteiger partial charge on any atom is -0.496 e. The highest BCUT2D eigenvalue weighted by atomic mass is 35.5. The Labute approximate surface area is 151 Å². The monoisotopic (exact) mass is 361 g/mol. The van der Waals surface area contributed by atoms with Crippen molar-refractivity contribution in [2.24, 2.45) is 0 Å². The third-order valence-electron chi connectivity index (χ3n) is 3.90. The fourth-order valence-electron chi connectivity index (χ4n) is 2.62. The lowest BCUT2D eigenvalue weighted by Gasteiger charge is -2.22. The average molecular weight is 362 g/mol. The molecule has 132 valence electrons. The quantitative estimate of drug-likeness (QED) is 0.808. The standard InChI is InChI=1S/C19H20ClNO4/c1-21(19(24)13-9-11-14(20)12-10-13)16-6-4-7-17(25-2)15(16)5-3-8-18(22)23/h4,6-7,9-12H,3,5,8H2,1-2H3,(H,22,23). The van der Waals surface area contributed by atoms with Gasteiger partial charge in [0.2, 0.25) is 0 Å². The van der Waals surface area contributed by atoms with E-state index >= 15 is 0 Å². The van der Waals surface area contributed by atoms with Crippen LogP contribution in [0.3, 0.4) is 0 Å². The average Bonchev–Trinajstić information content (AvgIpc) is 2.61. The molecule has 0 aromatic heterocycles. The lowest BCUT2D eigenvalue weighted by molar-refractivity contribution is -0.137. The number of halogens is 1. The van der Waals surface area contributed by atoms with Gasteiger partial charge in [0.25, 0.3) is 5.91 Å². The maximum Gasteiger partial charge on any atom is 0.303 e. The summed E-state index contributed by atoms with van der Waals surface area (Å²) in [6, 6.07) is 12.1. The van der Waals surface area contributed by atoms with Crippen molar-refractivity contribution in [3.63, 3.8) is 0 Å². The first-order valence-electron chi connectivity index (χ1n) is 7.85. The van der Waals surface area contributed by atoms with Crippen LogP contribution in [0.5, 0.6) is 5.75 Å². The van der Waals surface area contributed by atoms with Gasteiger partial charge >= 0.3 is 5.97 Å². The molecule has 5 nitrogen and oxygen atoms in total. The van der Waals surface area contributed by atoms with Crippen molar-refractivity contribution in [3.8, 4) is 5.75 Å². The van der Waals surface area contributed by atoms with Gasteiger partial charge in [-0.05, 0) is 49.2 Å². The maximum atomic E-state index is 12.7. The second kappa shape index (κ2) is 8.53. The van der Waals surface area contributed by atoms with Crippen molar-refractivity contribution in [2.75, 3.05) is 19.1 Å². The summed E-state index contributed by atoms with van der Waals surface area (Å²) < 4.78 is 5.39. The Hall–Kier alpha value is -2.53. The van der Waals surface area contributed by atoms with E-state index in [9.17, 15) is 9.59 Å². The van der Waals surface area contributed by atoms with Crippen LogP contribution in [0.25, 0.3) is 0 Å². The topological polar surface area (TPSA) is 66.8 Å². The molecule has 1 N–H and O–H groups in total. The summed E-state index contributed by atoms with van der Waals surface area (Å²) in [5.41, 5.74) is 2.03. The predicted molar refractivity (Wildman–Crippen MR) is 97.8 cm³/mol. The Morgan fingerprint density at radius 2 is 1.84 bits per heavy atom. The summed E-state index contributed by atoms with van der Waals surface area (Å²) in [4.78, 5) is 25.1. The number of ether oxygens (including phenoxy) is 1. The Kier molecular flexibility index (Phi) is 6.42. The summed E-state index contributed by atoms with van der Waals surface area (Å²) in [5.74, 6) is -0.384. The minimum atomic E-state index is -0.845. The van der Waals surface area contributed by atoms with Gasteiger partial charge in [-0.3, -0.25) is 9.59 Å². The van der Waals surface area contributed by atoms with Crippen LogP contribution in [0.2, 0.25) is 5.02 Å². The van der Waals surface area contributed by atoms with Crippen molar-refractivity contribution in [2.45, 2.75) is 19.3 Å². The smallest absolute Gasteiger partial charge is 0.303 e. The van der Waals surface area contributed by atoms with Crippen LogP contribution in [0.4, 0.5) is 5.69 Å². The zero-order valence-corrected chi connectivity index (χ0v) is 14.9. The third kappa shape index (κ3) is 4.73. The van der Waals surface area contributed by atoms with Gasteiger partial charge < -0.3 is 14.7 Å². The minimum absolute atomic E-state index is 0.0618. The number of nitrogens with zero attached hydrogens (tertiary/aromatic N) is 1. The molecule has 2 aromatic rings. The number of aliphatic carboxylic acids is 1. The molecule has 1 amide bonds. The second-order valence-electron chi connectivity index (χ2n) is 5.58. The van der Waals surface area contributed by atoms with Gasteiger partial charge in [0.15, 0.2) is 0 Å². The summed E-state index contributed by atoms with van der Waals surface area (Å²) in [6.07, 6.45) is 1.03. The Balaban J connectivity index is 2.31. The number of carboxylic acids is 1. The molecular weight excluding hydrogens is 342 g/mol. The number of carbonyl (C=O) groups excluding carboxylic acids is 1. The highest BCUT2D eigenvalue weighted by Crippen LogP contribution is 2.31. The van der Waals surface area contributed by atoms with Crippen molar-refractivity contribution >= 4 is 29.2 Å². The lowest BCUT2D eigenvalue weighted by Crippen LogP contribution is -2.27. The number of methoxy groups -OCH3 is 1. The van der Waals surface area contributed by atoms with Gasteiger partial charge in [0.1, 0.15) is 5.75 Å². The zero-order chi connectivity index (χ0) is 18.4. The van der Waals surface area contributed by atoms with Crippen LogP contribution >= 0.6 is 11.6 Å². The van der Waals surface area contributed by atoms with Crippen LogP contribution in [-0.4, -0.2) is 31.1 Å². The fraction of sp³-hybridized carbons (Fsp3) is 0.263. The molecule has 0 aliphatic rings. The number of carbonyl (C=O) groups is 2. The second-order valence-corrected chi connectivity index (χ2v) is 6.01. The normalized spacial score (nSPS) is 10.4. The number of rotatable bonds is 7. The Bertz CT molecular complexity index is 759. The van der Waals surface area contributed by atoms with Crippen LogP contribution in [0, 0.1) is 0 Å². The molecule has 0 radical (unpaired) electrons. The number of hydrogen-bond donors (Lipinski definition) is 1. The highest BCUT2D eigenvalue weighted by Gasteiger charge is 2.19. The van der Waals surface area contributed by atoms with E-state index < -0.39 is 5.97 Å². The number of benzene rings is 2. The molecule has 0 aliphatic heterocycles. The van der Waals surface area contributed by atoms with Crippen LogP contribution < -0.4 is 9.64 Å². The zero-order valence-electron chi connectivity index (χ0n) is 14.2. The molecule has 0 saturated carbocycles. The predicted octanol–water partition coefficient (Wildman–Crippen LogP) is 4.03. The first-order valence-corrected chi connectivity index (χ1v) is 8.23. The third-order valence-corrected chi connectivity index (χ3v) is 4.15. The molecule has 0 aliphatic carbocycles. The van der Waals surface area contributed by atoms with E-state index in [1.807, 2.05) is 6.07 Å². The van der Waals surface area contributed by atoms with Crippen molar-refractivity contribution in [1.29, 1.82) is 0 Å². The molecule has 6 heteroatoms. The number of anilines is 1. The molecule has 0 spiro atoms. The van der Waals surface area contributed by atoms with Gasteiger partial charge in [-0.1, -0.05) is 17.7 Å². The van der Waals surface area contributed by atoms with Gasteiger partial charge in [0.05, 0.1) is 12.8 Å². The van der Waals surface area contributed by atoms with E-state index in [4.69, 9.17) is 21.4 Å². The van der Waals surface area contributed by atoms with E-state index in [0.29, 0.717) is 34.9 Å². The highest BCUT2D eigenvalue weighted by molar-refractivity contribution is 6.30. The van der Waals surface area contributed by atoms with E-state index in [2.05, 4.69) is 0 Å². The van der Waals surface area contributed by atoms with E-state index in [1.165, 1.54) is 0 Å². The van der Waals surface area contributed by atoms with E-state index in [-0.39, 0.29) is 12.3 Å². The number of hydrogen-bond acceptors (Lipinski definition) is 3. The maximum absolute atomic E-state index is 12.7. The largest absolute Gasteiger partial charge is 0.496 e. The van der Waals surface area contributed by atoms with Gasteiger partial charge in [-0.2, -0.15) is 0 Å². The lowest BCUT2D eigenvalue weighted by atomic mass is 10.0. The van der Waals surface area contributed by atoms with Crippen molar-refractivity contribution in [3.05, 3.63) is 58.6 Å². The summed E-state index contributed by atoms with van der Waals surface area (Å²) in [5, 5.41) is 9.41. The van der Waals surface area contributed by atoms with Crippen LogP contribution in [-0.2, 0) is 11.2 Å². The van der Waals surface area contributed by atoms with Crippen LogP contribution in [0.1, 0.15) is 28.8 Å². The molecule has 0 saturated heterocycles. The number of carboxylic acid groups (broad SMARTS) is 1. The van der Waals surface area contributed by atoms with E-state index in [1.54, 1.807) is 55.5 Å². The van der Waals surface area contributed by atoms with Gasteiger partial charge in [-0.25, -0.2) is 0 Å². The van der Waals surface area contributed by atoms with Gasteiger partial charge in [0, 0.05) is 29.6 Å². The summed E-state index contributed by atoms with van der Waals surface area (Å²) in [6.45, 7) is 0. The summed E-state index contributed by atoms with van der Waals surface area (Å²) in [7, 11) is 3.24. The first kappa shape index (κ1) is 18.8. The van der Waals surface area contributed by atoms with Crippen molar-refractivity contribution < 1.29 is 19.4 Å². The SMILES string of the molecule is COc1cccc(N(C)C(=O)c2ccc(Cl)cc2)c1CCCC(=O)O. The molecule has 2 aromatic carbocycles. The van der Waals surface area contributed by atoms with Crippen molar-refractivity contribution in [1.82, 2.24) is 0 Å². The molecular formula is C19H20ClNO4. The fourth-order valence-corrected chi connectivity index (χ4v) is 2.75. The molecule has 0 fully saturated rings. The number of amides is 1. The molecule has 2 rings (SSSR count). The molecule has 0 atom stereocenters. The summed E-state index contributed by atoms with van der Waals surface area (Å²) >= 11 is 5.87. The Morgan fingerprint density at radius 1 is 1.16 bits per heavy atom. The first-order chi connectivity index (χ1) is 11.9. The molecule has 25 heavy (non-hydrogen) atoms. The molecule has 0 bridgehead atoms.